The molecule has 0 aliphatic carbocycles. The molecule has 0 saturated carbocycles. The molecule has 2 aromatic rings. The van der Waals surface area contributed by atoms with Crippen LogP contribution in [0.5, 0.6) is 0 Å². The average molecular weight is 243 g/mol. The van der Waals surface area contributed by atoms with Gasteiger partial charge >= 0.3 is 0 Å². The highest BCUT2D eigenvalue weighted by atomic mass is 15.3. The predicted octanol–water partition coefficient (Wildman–Crippen LogP) is 2.98. The van der Waals surface area contributed by atoms with Crippen molar-refractivity contribution in [2.75, 3.05) is 6.54 Å². The number of hydrogen-bond donors (Lipinski definition) is 1. The van der Waals surface area contributed by atoms with Crippen molar-refractivity contribution in [3.05, 3.63) is 42.6 Å². The summed E-state index contributed by atoms with van der Waals surface area (Å²) in [6.45, 7) is 12.2. The van der Waals surface area contributed by atoms with Crippen molar-refractivity contribution in [2.45, 2.75) is 32.9 Å². The van der Waals surface area contributed by atoms with Crippen molar-refractivity contribution in [2.24, 2.45) is 0 Å². The van der Waals surface area contributed by atoms with Crippen molar-refractivity contribution < 1.29 is 0 Å². The number of para-hydroxylation sites is 1. The third-order valence-electron chi connectivity index (χ3n) is 2.79. The maximum atomic E-state index is 4.41. The lowest BCUT2D eigenvalue weighted by Gasteiger charge is -2.21. The van der Waals surface area contributed by atoms with E-state index in [2.05, 4.69) is 49.9 Å². The van der Waals surface area contributed by atoms with Crippen LogP contribution < -0.4 is 5.32 Å². The summed E-state index contributed by atoms with van der Waals surface area (Å²) in [7, 11) is 0. The minimum Gasteiger partial charge on any atom is -0.308 e. The van der Waals surface area contributed by atoms with E-state index in [-0.39, 0.29) is 5.54 Å². The molecule has 0 saturated heterocycles. The number of fused-ring (bicyclic) bond motifs is 1. The normalized spacial score (nSPS) is 11.9. The highest BCUT2D eigenvalue weighted by Gasteiger charge is 2.09. The van der Waals surface area contributed by atoms with Crippen LogP contribution in [0.15, 0.2) is 42.6 Å². The maximum Gasteiger partial charge on any atom is 0.0686 e. The first-order valence-electron chi connectivity index (χ1n) is 6.28. The van der Waals surface area contributed by atoms with Crippen molar-refractivity contribution in [1.82, 2.24) is 15.1 Å². The van der Waals surface area contributed by atoms with E-state index in [1.807, 2.05) is 23.0 Å². The molecule has 18 heavy (non-hydrogen) atoms. The second kappa shape index (κ2) is 4.94. The average Bonchev–Trinajstić information content (AvgIpc) is 2.70. The van der Waals surface area contributed by atoms with Crippen molar-refractivity contribution >= 4 is 10.9 Å². The number of nitrogens with zero attached hydrogens (tertiary/aromatic N) is 2. The highest BCUT2D eigenvalue weighted by Crippen LogP contribution is 2.13. The van der Waals surface area contributed by atoms with Gasteiger partial charge in [0.15, 0.2) is 0 Å². The first kappa shape index (κ1) is 12.8. The Morgan fingerprint density at radius 2 is 2.06 bits per heavy atom. The molecule has 0 spiro atoms. The summed E-state index contributed by atoms with van der Waals surface area (Å²) in [6.07, 6.45) is 1.90. The van der Waals surface area contributed by atoms with E-state index in [9.17, 15) is 0 Å². The van der Waals surface area contributed by atoms with Crippen LogP contribution in [-0.2, 0) is 6.54 Å². The summed E-state index contributed by atoms with van der Waals surface area (Å²) in [5.41, 5.74) is 2.42. The quantitative estimate of drug-likeness (QED) is 0.837. The minimum absolute atomic E-state index is 0.120. The molecule has 1 aromatic carbocycles. The Labute approximate surface area is 109 Å². The molecular weight excluding hydrogens is 222 g/mol. The topological polar surface area (TPSA) is 29.9 Å². The van der Waals surface area contributed by atoms with Gasteiger partial charge < -0.3 is 5.32 Å². The number of hydrogen-bond acceptors (Lipinski definition) is 2. The van der Waals surface area contributed by atoms with Gasteiger partial charge in [0.05, 0.1) is 18.3 Å². The van der Waals surface area contributed by atoms with Gasteiger partial charge in [0.2, 0.25) is 0 Å². The third kappa shape index (κ3) is 3.20. The van der Waals surface area contributed by atoms with Crippen LogP contribution in [0.2, 0.25) is 0 Å². The Morgan fingerprint density at radius 3 is 2.78 bits per heavy atom. The molecule has 0 unspecified atom stereocenters. The minimum atomic E-state index is 0.120. The molecular formula is C15H21N3. The lowest BCUT2D eigenvalue weighted by molar-refractivity contribution is 0.439. The molecule has 0 atom stereocenters. The van der Waals surface area contributed by atoms with Gasteiger partial charge in [-0.2, -0.15) is 5.10 Å². The highest BCUT2D eigenvalue weighted by molar-refractivity contribution is 5.78. The van der Waals surface area contributed by atoms with Crippen molar-refractivity contribution in [1.29, 1.82) is 0 Å². The molecule has 3 heteroatoms. The predicted molar refractivity (Wildman–Crippen MR) is 76.6 cm³/mol. The maximum absolute atomic E-state index is 4.41. The number of nitrogens with one attached hydrogen (secondary N) is 1. The van der Waals surface area contributed by atoms with Crippen LogP contribution in [0, 0.1) is 0 Å². The molecule has 0 radical (unpaired) electrons. The van der Waals surface area contributed by atoms with Crippen LogP contribution in [0.25, 0.3) is 10.9 Å². The van der Waals surface area contributed by atoms with E-state index in [1.165, 1.54) is 5.39 Å². The fraction of sp³-hybridized carbons (Fsp3) is 0.400. The van der Waals surface area contributed by atoms with E-state index in [4.69, 9.17) is 0 Å². The zero-order valence-corrected chi connectivity index (χ0v) is 11.4. The fourth-order valence-corrected chi connectivity index (χ4v) is 1.81. The van der Waals surface area contributed by atoms with Crippen LogP contribution in [0.4, 0.5) is 0 Å². The summed E-state index contributed by atoms with van der Waals surface area (Å²) >= 11 is 0. The van der Waals surface area contributed by atoms with Crippen LogP contribution >= 0.6 is 0 Å². The monoisotopic (exact) mass is 243 g/mol. The summed E-state index contributed by atoms with van der Waals surface area (Å²) < 4.78 is 2.00. The van der Waals surface area contributed by atoms with E-state index >= 15 is 0 Å². The van der Waals surface area contributed by atoms with Crippen molar-refractivity contribution in [3.8, 4) is 0 Å². The van der Waals surface area contributed by atoms with Crippen LogP contribution in [0.3, 0.4) is 0 Å². The summed E-state index contributed by atoms with van der Waals surface area (Å²) in [5, 5.41) is 9.02. The van der Waals surface area contributed by atoms with Gasteiger partial charge in [0, 0.05) is 17.5 Å². The van der Waals surface area contributed by atoms with Crippen LogP contribution in [0.1, 0.15) is 20.8 Å². The zero-order chi connectivity index (χ0) is 13.2. The van der Waals surface area contributed by atoms with E-state index in [0.717, 1.165) is 24.2 Å². The third-order valence-corrected chi connectivity index (χ3v) is 2.79. The molecule has 3 nitrogen and oxygen atoms in total. The first-order chi connectivity index (χ1) is 8.46. The SMILES string of the molecule is C=C(CNC(C)(C)C)Cn1ncc2ccccc21. The molecule has 96 valence electrons. The molecule has 0 fully saturated rings. The number of benzene rings is 1. The second-order valence-corrected chi connectivity index (χ2v) is 5.71. The second-order valence-electron chi connectivity index (χ2n) is 5.71. The summed E-state index contributed by atoms with van der Waals surface area (Å²) in [6, 6.07) is 8.24. The van der Waals surface area contributed by atoms with Gasteiger partial charge in [0.1, 0.15) is 0 Å². The molecule has 0 aliphatic heterocycles. The largest absolute Gasteiger partial charge is 0.308 e. The van der Waals surface area contributed by atoms with Crippen LogP contribution in [-0.4, -0.2) is 21.9 Å². The van der Waals surface area contributed by atoms with Crippen molar-refractivity contribution in [3.63, 3.8) is 0 Å². The molecule has 1 N–H and O–H groups in total. The number of aromatic nitrogens is 2. The molecule has 0 aliphatic rings. The Balaban J connectivity index is 2.03. The molecule has 0 bridgehead atoms. The zero-order valence-electron chi connectivity index (χ0n) is 11.4. The van der Waals surface area contributed by atoms with E-state index in [1.54, 1.807) is 0 Å². The fourth-order valence-electron chi connectivity index (χ4n) is 1.81. The Bertz CT molecular complexity index is 546. The summed E-state index contributed by atoms with van der Waals surface area (Å²) in [5.74, 6) is 0. The van der Waals surface area contributed by atoms with Gasteiger partial charge in [-0.3, -0.25) is 4.68 Å². The Kier molecular flexibility index (Phi) is 3.53. The lowest BCUT2D eigenvalue weighted by Crippen LogP contribution is -2.37. The van der Waals surface area contributed by atoms with Gasteiger partial charge in [0.25, 0.3) is 0 Å². The Hall–Kier alpha value is -1.61. The van der Waals surface area contributed by atoms with E-state index < -0.39 is 0 Å². The van der Waals surface area contributed by atoms with Gasteiger partial charge in [-0.15, -0.1) is 0 Å². The van der Waals surface area contributed by atoms with Gasteiger partial charge in [-0.1, -0.05) is 24.8 Å². The standard InChI is InChI=1S/C15H21N3/c1-12(9-16-15(2,3)4)11-18-14-8-6-5-7-13(14)10-17-18/h5-8,10,16H,1,9,11H2,2-4H3. The molecule has 0 amide bonds. The van der Waals surface area contributed by atoms with Gasteiger partial charge in [-0.05, 0) is 32.4 Å². The molecule has 2 rings (SSSR count). The Morgan fingerprint density at radius 1 is 1.33 bits per heavy atom. The summed E-state index contributed by atoms with van der Waals surface area (Å²) in [4.78, 5) is 0. The van der Waals surface area contributed by atoms with E-state index in [0.29, 0.717) is 0 Å². The first-order valence-corrected chi connectivity index (χ1v) is 6.28. The smallest absolute Gasteiger partial charge is 0.0686 e. The molecule has 1 heterocycles. The molecule has 1 aromatic heterocycles. The van der Waals surface area contributed by atoms with Gasteiger partial charge in [-0.25, -0.2) is 0 Å². The number of rotatable bonds is 4. The lowest BCUT2D eigenvalue weighted by atomic mass is 10.1.